The van der Waals surface area contributed by atoms with E-state index < -0.39 is 0 Å². The van der Waals surface area contributed by atoms with Crippen molar-refractivity contribution in [1.29, 1.82) is 0 Å². The second-order valence-electron chi connectivity index (χ2n) is 4.42. The molecule has 2 aromatic rings. The van der Waals surface area contributed by atoms with Crippen molar-refractivity contribution in [3.05, 3.63) is 23.2 Å². The fraction of sp³-hybridized carbons (Fsp3) is 0.462. The van der Waals surface area contributed by atoms with Crippen molar-refractivity contribution in [2.45, 2.75) is 13.0 Å². The highest BCUT2D eigenvalue weighted by Crippen LogP contribution is 2.27. The molecule has 0 aliphatic rings. The molecule has 21 heavy (non-hydrogen) atoms. The van der Waals surface area contributed by atoms with E-state index in [0.717, 1.165) is 12.0 Å². The molecule has 0 saturated carbocycles. The molecule has 0 amide bonds. The van der Waals surface area contributed by atoms with Crippen molar-refractivity contribution < 1.29 is 9.47 Å². The van der Waals surface area contributed by atoms with Crippen molar-refractivity contribution in [2.24, 2.45) is 0 Å². The van der Waals surface area contributed by atoms with Gasteiger partial charge in [0.15, 0.2) is 5.82 Å². The molecular formula is C13H18ClN5O2. The Morgan fingerprint density at radius 1 is 1.29 bits per heavy atom. The molecule has 0 radical (unpaired) electrons. The molecule has 2 rings (SSSR count). The lowest BCUT2D eigenvalue weighted by Gasteiger charge is -2.07. The van der Waals surface area contributed by atoms with Gasteiger partial charge in [0.2, 0.25) is 0 Å². The fourth-order valence-electron chi connectivity index (χ4n) is 1.82. The third-order valence-electron chi connectivity index (χ3n) is 2.85. The van der Waals surface area contributed by atoms with Crippen LogP contribution in [0.4, 0.5) is 5.69 Å². The Bertz CT molecular complexity index is 575. The first kappa shape index (κ1) is 15.7. The number of nitrogens with two attached hydrogens (primary N) is 1. The Labute approximate surface area is 128 Å². The van der Waals surface area contributed by atoms with Crippen LogP contribution in [0, 0.1) is 0 Å². The predicted molar refractivity (Wildman–Crippen MR) is 80.0 cm³/mol. The van der Waals surface area contributed by atoms with Gasteiger partial charge in [0.1, 0.15) is 0 Å². The summed E-state index contributed by atoms with van der Waals surface area (Å²) < 4.78 is 12.0. The van der Waals surface area contributed by atoms with Gasteiger partial charge in [-0.05, 0) is 35.0 Å². The quantitative estimate of drug-likeness (QED) is 0.589. The summed E-state index contributed by atoms with van der Waals surface area (Å²) in [5.41, 5.74) is 7.12. The summed E-state index contributed by atoms with van der Waals surface area (Å²) in [4.78, 5) is 0. The minimum absolute atomic E-state index is 0.566. The maximum atomic E-state index is 6.18. The molecule has 0 atom stereocenters. The number of tetrazole rings is 1. The van der Waals surface area contributed by atoms with Gasteiger partial charge in [-0.2, -0.15) is 0 Å². The standard InChI is InChI=1S/C13H18ClN5O2/c1-20-7-8-21-6-2-5-19-13(16-17-18-19)11-9-10(15)3-4-12(11)14/h3-4,9H,2,5-8,15H2,1H3. The molecule has 2 N–H and O–H groups in total. The molecule has 0 unspecified atom stereocenters. The van der Waals surface area contributed by atoms with Gasteiger partial charge in [0, 0.05) is 31.5 Å². The zero-order valence-corrected chi connectivity index (χ0v) is 12.6. The summed E-state index contributed by atoms with van der Waals surface area (Å²) in [6.45, 7) is 2.43. The number of aromatic nitrogens is 4. The van der Waals surface area contributed by atoms with E-state index in [2.05, 4.69) is 15.5 Å². The topological polar surface area (TPSA) is 88.1 Å². The summed E-state index contributed by atoms with van der Waals surface area (Å²) >= 11 is 6.18. The van der Waals surface area contributed by atoms with E-state index in [1.807, 2.05) is 0 Å². The third-order valence-corrected chi connectivity index (χ3v) is 3.18. The number of aryl methyl sites for hydroxylation is 1. The van der Waals surface area contributed by atoms with Gasteiger partial charge < -0.3 is 15.2 Å². The minimum Gasteiger partial charge on any atom is -0.399 e. The van der Waals surface area contributed by atoms with Gasteiger partial charge in [-0.1, -0.05) is 11.6 Å². The number of benzene rings is 1. The summed E-state index contributed by atoms with van der Waals surface area (Å²) in [7, 11) is 1.64. The van der Waals surface area contributed by atoms with Crippen LogP contribution in [-0.2, 0) is 16.0 Å². The Kier molecular flexibility index (Phi) is 5.91. The molecule has 0 saturated heterocycles. The molecule has 0 spiro atoms. The molecule has 0 aliphatic carbocycles. The highest BCUT2D eigenvalue weighted by atomic mass is 35.5. The van der Waals surface area contributed by atoms with Gasteiger partial charge in [-0.15, -0.1) is 5.10 Å². The molecule has 0 aliphatic heterocycles. The summed E-state index contributed by atoms with van der Waals surface area (Å²) in [6, 6.07) is 5.24. The number of rotatable bonds is 8. The van der Waals surface area contributed by atoms with Gasteiger partial charge in [-0.25, -0.2) is 4.68 Å². The number of nitrogens with zero attached hydrogens (tertiary/aromatic N) is 4. The van der Waals surface area contributed by atoms with Crippen molar-refractivity contribution in [2.75, 3.05) is 32.7 Å². The highest BCUT2D eigenvalue weighted by molar-refractivity contribution is 6.33. The van der Waals surface area contributed by atoms with Crippen molar-refractivity contribution in [1.82, 2.24) is 20.2 Å². The SMILES string of the molecule is COCCOCCCn1nnnc1-c1cc(N)ccc1Cl. The first-order valence-corrected chi connectivity index (χ1v) is 6.98. The molecule has 0 fully saturated rings. The predicted octanol–water partition coefficient (Wildman–Crippen LogP) is 1.63. The monoisotopic (exact) mass is 311 g/mol. The van der Waals surface area contributed by atoms with E-state index in [-0.39, 0.29) is 0 Å². The van der Waals surface area contributed by atoms with Crippen LogP contribution < -0.4 is 5.73 Å². The maximum Gasteiger partial charge on any atom is 0.183 e. The fourth-order valence-corrected chi connectivity index (χ4v) is 2.03. The molecule has 0 bridgehead atoms. The maximum absolute atomic E-state index is 6.18. The first-order chi connectivity index (χ1) is 10.2. The average molecular weight is 312 g/mol. The van der Waals surface area contributed by atoms with Gasteiger partial charge >= 0.3 is 0 Å². The molecule has 1 heterocycles. The minimum atomic E-state index is 0.566. The lowest BCUT2D eigenvalue weighted by Crippen LogP contribution is -2.08. The molecule has 114 valence electrons. The Morgan fingerprint density at radius 3 is 2.95 bits per heavy atom. The van der Waals surface area contributed by atoms with Gasteiger partial charge in [0.25, 0.3) is 0 Å². The third kappa shape index (κ3) is 4.38. The van der Waals surface area contributed by atoms with Crippen LogP contribution in [0.3, 0.4) is 0 Å². The second kappa shape index (κ2) is 7.92. The van der Waals surface area contributed by atoms with Gasteiger partial charge in [0.05, 0.1) is 18.2 Å². The van der Waals surface area contributed by atoms with Gasteiger partial charge in [-0.3, -0.25) is 0 Å². The van der Waals surface area contributed by atoms with Crippen LogP contribution in [-0.4, -0.2) is 47.1 Å². The first-order valence-electron chi connectivity index (χ1n) is 6.60. The molecular weight excluding hydrogens is 294 g/mol. The summed E-state index contributed by atoms with van der Waals surface area (Å²) in [5.74, 6) is 0.601. The average Bonchev–Trinajstić information content (AvgIpc) is 2.93. The zero-order valence-electron chi connectivity index (χ0n) is 11.8. The van der Waals surface area contributed by atoms with Crippen LogP contribution in [0.25, 0.3) is 11.4 Å². The Balaban J connectivity index is 1.97. The van der Waals surface area contributed by atoms with Crippen LogP contribution >= 0.6 is 11.6 Å². The van der Waals surface area contributed by atoms with E-state index in [9.17, 15) is 0 Å². The Hall–Kier alpha value is -1.70. The second-order valence-corrected chi connectivity index (χ2v) is 4.83. The van der Waals surface area contributed by atoms with E-state index in [1.165, 1.54) is 0 Å². The van der Waals surface area contributed by atoms with E-state index in [4.69, 9.17) is 26.8 Å². The Morgan fingerprint density at radius 2 is 2.14 bits per heavy atom. The van der Waals surface area contributed by atoms with E-state index in [1.54, 1.807) is 30.0 Å². The van der Waals surface area contributed by atoms with Crippen molar-refractivity contribution in [3.8, 4) is 11.4 Å². The normalized spacial score (nSPS) is 11.0. The molecule has 1 aromatic heterocycles. The van der Waals surface area contributed by atoms with E-state index in [0.29, 0.717) is 42.9 Å². The van der Waals surface area contributed by atoms with E-state index >= 15 is 0 Å². The smallest absolute Gasteiger partial charge is 0.183 e. The summed E-state index contributed by atoms with van der Waals surface area (Å²) in [5, 5.41) is 12.3. The number of ether oxygens (including phenoxy) is 2. The number of anilines is 1. The number of nitrogen functional groups attached to an aromatic ring is 1. The number of methoxy groups -OCH3 is 1. The summed E-state index contributed by atoms with van der Waals surface area (Å²) in [6.07, 6.45) is 0.793. The number of halogens is 1. The van der Waals surface area contributed by atoms with Crippen LogP contribution in [0.1, 0.15) is 6.42 Å². The molecule has 7 nitrogen and oxygen atoms in total. The lowest BCUT2D eigenvalue weighted by molar-refractivity contribution is 0.0677. The molecule has 1 aromatic carbocycles. The zero-order chi connectivity index (χ0) is 15.1. The van der Waals surface area contributed by atoms with Crippen molar-refractivity contribution >= 4 is 17.3 Å². The van der Waals surface area contributed by atoms with Crippen LogP contribution in [0.2, 0.25) is 5.02 Å². The van der Waals surface area contributed by atoms with Crippen LogP contribution in [0.5, 0.6) is 0 Å². The molecule has 8 heteroatoms. The number of hydrogen-bond acceptors (Lipinski definition) is 6. The van der Waals surface area contributed by atoms with Crippen LogP contribution in [0.15, 0.2) is 18.2 Å². The highest BCUT2D eigenvalue weighted by Gasteiger charge is 2.12. The van der Waals surface area contributed by atoms with Crippen molar-refractivity contribution in [3.63, 3.8) is 0 Å². The number of hydrogen-bond donors (Lipinski definition) is 1. The largest absolute Gasteiger partial charge is 0.399 e. The lowest BCUT2D eigenvalue weighted by atomic mass is 10.2.